The fourth-order valence-corrected chi connectivity index (χ4v) is 2.58. The van der Waals surface area contributed by atoms with Gasteiger partial charge in [-0.3, -0.25) is 9.59 Å². The van der Waals surface area contributed by atoms with E-state index in [1.807, 2.05) is 30.3 Å². The van der Waals surface area contributed by atoms with E-state index in [-0.39, 0.29) is 25.7 Å². The normalized spacial score (nSPS) is 10.3. The van der Waals surface area contributed by atoms with Gasteiger partial charge in [-0.05, 0) is 35.0 Å². The third-order valence-corrected chi connectivity index (χ3v) is 3.99. The number of hydrogen-bond acceptors (Lipinski definition) is 5. The summed E-state index contributed by atoms with van der Waals surface area (Å²) in [5.41, 5.74) is 0.889. The lowest BCUT2D eigenvalue weighted by Gasteiger charge is -2.08. The van der Waals surface area contributed by atoms with E-state index < -0.39 is 11.9 Å². The van der Waals surface area contributed by atoms with E-state index in [9.17, 15) is 14.4 Å². The molecule has 28 heavy (non-hydrogen) atoms. The SMILES string of the molecule is O=C(CNC(=O)c1ccc2ccccc2c1)OCCOC(=O)c1ccccc1. The minimum absolute atomic E-state index is 0.0575. The molecule has 142 valence electrons. The van der Waals surface area contributed by atoms with Crippen LogP contribution in [0.15, 0.2) is 72.8 Å². The molecule has 0 radical (unpaired) electrons. The number of nitrogens with one attached hydrogen (secondary N) is 1. The number of carbonyl (C=O) groups is 3. The molecular weight excluding hydrogens is 358 g/mol. The molecule has 0 bridgehead atoms. The average Bonchev–Trinajstić information content (AvgIpc) is 2.75. The van der Waals surface area contributed by atoms with Crippen LogP contribution in [0.25, 0.3) is 10.8 Å². The molecule has 6 nitrogen and oxygen atoms in total. The molecule has 0 unspecified atom stereocenters. The highest BCUT2D eigenvalue weighted by Gasteiger charge is 2.10. The van der Waals surface area contributed by atoms with Gasteiger partial charge >= 0.3 is 11.9 Å². The summed E-state index contributed by atoms with van der Waals surface area (Å²) in [4.78, 5) is 35.6. The molecule has 6 heteroatoms. The number of fused-ring (bicyclic) bond motifs is 1. The Labute approximate surface area is 162 Å². The van der Waals surface area contributed by atoms with Gasteiger partial charge in [0.05, 0.1) is 5.56 Å². The van der Waals surface area contributed by atoms with Crippen molar-refractivity contribution in [2.24, 2.45) is 0 Å². The van der Waals surface area contributed by atoms with Gasteiger partial charge in [0, 0.05) is 5.56 Å². The minimum Gasteiger partial charge on any atom is -0.461 e. The molecule has 3 rings (SSSR count). The van der Waals surface area contributed by atoms with Crippen molar-refractivity contribution >= 4 is 28.6 Å². The van der Waals surface area contributed by atoms with Crippen LogP contribution in [0.2, 0.25) is 0 Å². The molecule has 3 aromatic rings. The van der Waals surface area contributed by atoms with Crippen molar-refractivity contribution < 1.29 is 23.9 Å². The Kier molecular flexibility index (Phi) is 6.36. The first-order valence-corrected chi connectivity index (χ1v) is 8.78. The number of benzene rings is 3. The van der Waals surface area contributed by atoms with E-state index >= 15 is 0 Å². The van der Waals surface area contributed by atoms with Crippen LogP contribution >= 0.6 is 0 Å². The summed E-state index contributed by atoms with van der Waals surface area (Å²) in [6.45, 7) is -0.403. The molecule has 1 N–H and O–H groups in total. The smallest absolute Gasteiger partial charge is 0.338 e. The zero-order chi connectivity index (χ0) is 19.8. The molecule has 0 atom stereocenters. The Hall–Kier alpha value is -3.67. The Morgan fingerprint density at radius 2 is 1.39 bits per heavy atom. The van der Waals surface area contributed by atoms with E-state index in [1.165, 1.54) is 0 Å². The summed E-state index contributed by atoms with van der Waals surface area (Å²) in [6.07, 6.45) is 0. The predicted molar refractivity (Wildman–Crippen MR) is 104 cm³/mol. The van der Waals surface area contributed by atoms with Gasteiger partial charge in [-0.25, -0.2) is 4.79 Å². The maximum Gasteiger partial charge on any atom is 0.338 e. The van der Waals surface area contributed by atoms with E-state index in [1.54, 1.807) is 42.5 Å². The van der Waals surface area contributed by atoms with Crippen LogP contribution in [0.1, 0.15) is 20.7 Å². The Morgan fingerprint density at radius 3 is 2.18 bits per heavy atom. The molecule has 0 aliphatic rings. The summed E-state index contributed by atoms with van der Waals surface area (Å²) >= 11 is 0. The molecule has 0 aliphatic heterocycles. The molecule has 3 aromatic carbocycles. The van der Waals surface area contributed by atoms with Crippen molar-refractivity contribution in [3.05, 3.63) is 83.9 Å². The molecule has 0 fully saturated rings. The van der Waals surface area contributed by atoms with Crippen molar-refractivity contribution in [3.63, 3.8) is 0 Å². The van der Waals surface area contributed by atoms with E-state index in [2.05, 4.69) is 5.32 Å². The van der Waals surface area contributed by atoms with Crippen molar-refractivity contribution in [3.8, 4) is 0 Å². The van der Waals surface area contributed by atoms with E-state index in [0.29, 0.717) is 11.1 Å². The van der Waals surface area contributed by atoms with Crippen molar-refractivity contribution in [1.82, 2.24) is 5.32 Å². The van der Waals surface area contributed by atoms with E-state index in [0.717, 1.165) is 10.8 Å². The molecule has 0 spiro atoms. The molecule has 0 saturated heterocycles. The van der Waals surface area contributed by atoms with Crippen LogP contribution in [-0.2, 0) is 14.3 Å². The number of amides is 1. The lowest BCUT2D eigenvalue weighted by molar-refractivity contribution is -0.143. The van der Waals surface area contributed by atoms with Crippen molar-refractivity contribution in [2.45, 2.75) is 0 Å². The standard InChI is InChI=1S/C22H19NO5/c24-20(27-12-13-28-22(26)17-7-2-1-3-8-17)15-23-21(25)19-11-10-16-6-4-5-9-18(16)14-19/h1-11,14H,12-13,15H2,(H,23,25). The average molecular weight is 377 g/mol. The Balaban J connectivity index is 1.39. The van der Waals surface area contributed by atoms with Crippen LogP contribution in [0.5, 0.6) is 0 Å². The van der Waals surface area contributed by atoms with E-state index in [4.69, 9.17) is 9.47 Å². The molecule has 0 aliphatic carbocycles. The fourth-order valence-electron chi connectivity index (χ4n) is 2.58. The first-order valence-electron chi connectivity index (χ1n) is 8.78. The number of hydrogen-bond donors (Lipinski definition) is 1. The summed E-state index contributed by atoms with van der Waals surface area (Å²) in [5, 5.41) is 4.49. The van der Waals surface area contributed by atoms with Crippen LogP contribution in [-0.4, -0.2) is 37.6 Å². The van der Waals surface area contributed by atoms with Gasteiger partial charge in [-0.15, -0.1) is 0 Å². The second-order valence-corrected chi connectivity index (χ2v) is 5.97. The first kappa shape index (κ1) is 19.1. The highest BCUT2D eigenvalue weighted by atomic mass is 16.6. The topological polar surface area (TPSA) is 81.7 Å². The monoisotopic (exact) mass is 377 g/mol. The molecule has 0 saturated carbocycles. The van der Waals surface area contributed by atoms with Crippen LogP contribution < -0.4 is 5.32 Å². The van der Waals surface area contributed by atoms with Crippen LogP contribution in [0, 0.1) is 0 Å². The quantitative estimate of drug-likeness (QED) is 0.506. The fraction of sp³-hybridized carbons (Fsp3) is 0.136. The number of rotatable bonds is 7. The lowest BCUT2D eigenvalue weighted by Crippen LogP contribution is -2.31. The minimum atomic E-state index is -0.607. The molecule has 1 amide bonds. The third-order valence-electron chi connectivity index (χ3n) is 3.99. The number of esters is 2. The summed E-state index contributed by atoms with van der Waals surface area (Å²) in [7, 11) is 0. The number of carbonyl (C=O) groups excluding carboxylic acids is 3. The predicted octanol–water partition coefficient (Wildman–Crippen LogP) is 2.97. The maximum atomic E-state index is 12.2. The first-order chi connectivity index (χ1) is 13.6. The van der Waals surface area contributed by atoms with Gasteiger partial charge in [0.15, 0.2) is 0 Å². The zero-order valence-corrected chi connectivity index (χ0v) is 15.1. The van der Waals surface area contributed by atoms with Gasteiger partial charge in [-0.1, -0.05) is 48.5 Å². The molecule has 0 aromatic heterocycles. The zero-order valence-electron chi connectivity index (χ0n) is 15.1. The maximum absolute atomic E-state index is 12.2. The van der Waals surface area contributed by atoms with Crippen LogP contribution in [0.4, 0.5) is 0 Å². The highest BCUT2D eigenvalue weighted by molar-refractivity contribution is 5.99. The third kappa shape index (κ3) is 5.17. The van der Waals surface area contributed by atoms with Crippen LogP contribution in [0.3, 0.4) is 0 Å². The van der Waals surface area contributed by atoms with Gasteiger partial charge in [0.25, 0.3) is 5.91 Å². The number of ether oxygens (including phenoxy) is 2. The van der Waals surface area contributed by atoms with Gasteiger partial charge < -0.3 is 14.8 Å². The molecular formula is C22H19NO5. The molecule has 0 heterocycles. The Morgan fingerprint density at radius 1 is 0.714 bits per heavy atom. The summed E-state index contributed by atoms with van der Waals surface area (Å²) in [6, 6.07) is 21.5. The Bertz CT molecular complexity index is 984. The largest absolute Gasteiger partial charge is 0.461 e. The summed E-state index contributed by atoms with van der Waals surface area (Å²) in [5.74, 6) is -1.45. The van der Waals surface area contributed by atoms with Gasteiger partial charge in [-0.2, -0.15) is 0 Å². The summed E-state index contributed by atoms with van der Waals surface area (Å²) < 4.78 is 9.96. The second-order valence-electron chi connectivity index (χ2n) is 5.97. The van der Waals surface area contributed by atoms with Crippen molar-refractivity contribution in [2.75, 3.05) is 19.8 Å². The highest BCUT2D eigenvalue weighted by Crippen LogP contribution is 2.15. The second kappa shape index (κ2) is 9.32. The van der Waals surface area contributed by atoms with Gasteiger partial charge in [0.2, 0.25) is 0 Å². The lowest BCUT2D eigenvalue weighted by atomic mass is 10.1. The van der Waals surface area contributed by atoms with Crippen molar-refractivity contribution in [1.29, 1.82) is 0 Å². The van der Waals surface area contributed by atoms with Gasteiger partial charge in [0.1, 0.15) is 19.8 Å².